The molecule has 19 heavy (non-hydrogen) atoms. The third kappa shape index (κ3) is 3.45. The number of benzene rings is 1. The lowest BCUT2D eigenvalue weighted by atomic mass is 10.1. The van der Waals surface area contributed by atoms with Gasteiger partial charge in [0.25, 0.3) is 5.69 Å². The molecule has 0 aliphatic rings. The number of carboxylic acids is 1. The van der Waals surface area contributed by atoms with Gasteiger partial charge in [0.15, 0.2) is 0 Å². The lowest BCUT2D eigenvalue weighted by Crippen LogP contribution is -2.20. The van der Waals surface area contributed by atoms with Gasteiger partial charge in [-0.1, -0.05) is 13.0 Å². The Morgan fingerprint density at radius 1 is 1.63 bits per heavy atom. The van der Waals surface area contributed by atoms with Crippen molar-refractivity contribution >= 4 is 17.3 Å². The normalized spacial score (nSPS) is 11.4. The van der Waals surface area contributed by atoms with Crippen LogP contribution in [-0.4, -0.2) is 22.0 Å². The molecule has 0 amide bonds. The van der Waals surface area contributed by atoms with E-state index in [4.69, 9.17) is 11.5 Å². The summed E-state index contributed by atoms with van der Waals surface area (Å²) in [6.07, 6.45) is 6.21. The first-order chi connectivity index (χ1) is 9.01. The van der Waals surface area contributed by atoms with Crippen molar-refractivity contribution in [3.05, 3.63) is 33.9 Å². The Balaban J connectivity index is 3.25. The maximum Gasteiger partial charge on any atom is 0.338 e. The summed E-state index contributed by atoms with van der Waals surface area (Å²) in [6.45, 7) is 1.87. The Labute approximate surface area is 110 Å². The van der Waals surface area contributed by atoms with Crippen LogP contribution >= 0.6 is 0 Å². The van der Waals surface area contributed by atoms with E-state index in [9.17, 15) is 14.9 Å². The summed E-state index contributed by atoms with van der Waals surface area (Å²) in [7, 11) is 0. The zero-order valence-electron chi connectivity index (χ0n) is 10.4. The van der Waals surface area contributed by atoms with Crippen LogP contribution in [0.1, 0.15) is 30.1 Å². The van der Waals surface area contributed by atoms with Gasteiger partial charge in [0.2, 0.25) is 0 Å². The second-order valence-corrected chi connectivity index (χ2v) is 3.92. The summed E-state index contributed by atoms with van der Waals surface area (Å²) in [5.41, 5.74) is -0.401. The van der Waals surface area contributed by atoms with Crippen LogP contribution < -0.4 is 5.32 Å². The number of nitrogens with one attached hydrogen (secondary N) is 1. The van der Waals surface area contributed by atoms with Crippen molar-refractivity contribution in [2.45, 2.75) is 25.8 Å². The van der Waals surface area contributed by atoms with E-state index in [2.05, 4.69) is 11.2 Å². The highest BCUT2D eigenvalue weighted by Gasteiger charge is 2.22. The monoisotopic (exact) mass is 262 g/mol. The van der Waals surface area contributed by atoms with E-state index < -0.39 is 10.9 Å². The molecule has 0 fully saturated rings. The third-order valence-electron chi connectivity index (χ3n) is 2.68. The van der Waals surface area contributed by atoms with E-state index in [1.54, 1.807) is 0 Å². The molecule has 0 radical (unpaired) electrons. The van der Waals surface area contributed by atoms with E-state index in [0.29, 0.717) is 12.8 Å². The van der Waals surface area contributed by atoms with Gasteiger partial charge in [0.05, 0.1) is 10.5 Å². The fraction of sp³-hybridized carbons (Fsp3) is 0.308. The van der Waals surface area contributed by atoms with Crippen LogP contribution in [0, 0.1) is 22.5 Å². The first-order valence-electron chi connectivity index (χ1n) is 5.72. The van der Waals surface area contributed by atoms with Gasteiger partial charge in [-0.2, -0.15) is 0 Å². The van der Waals surface area contributed by atoms with Gasteiger partial charge in [-0.3, -0.25) is 10.1 Å². The van der Waals surface area contributed by atoms with E-state index in [1.165, 1.54) is 18.2 Å². The number of nitro benzene ring substituents is 1. The van der Waals surface area contributed by atoms with Crippen LogP contribution in [0.3, 0.4) is 0 Å². The molecule has 100 valence electrons. The number of aromatic carboxylic acids is 1. The van der Waals surface area contributed by atoms with Gasteiger partial charge in [-0.15, -0.1) is 12.3 Å². The topological polar surface area (TPSA) is 92.5 Å². The number of nitrogens with zero attached hydrogens (tertiary/aromatic N) is 1. The van der Waals surface area contributed by atoms with Crippen molar-refractivity contribution in [3.63, 3.8) is 0 Å². The Kier molecular flexibility index (Phi) is 4.89. The summed E-state index contributed by atoms with van der Waals surface area (Å²) >= 11 is 0. The van der Waals surface area contributed by atoms with Crippen LogP contribution in [0.25, 0.3) is 0 Å². The highest BCUT2D eigenvalue weighted by atomic mass is 16.6. The third-order valence-corrected chi connectivity index (χ3v) is 2.68. The van der Waals surface area contributed by atoms with Gasteiger partial charge in [-0.05, 0) is 12.5 Å². The molecule has 0 aromatic heterocycles. The molecule has 0 spiro atoms. The van der Waals surface area contributed by atoms with Crippen molar-refractivity contribution in [1.29, 1.82) is 0 Å². The predicted octanol–water partition coefficient (Wildman–Crippen LogP) is 2.51. The molecule has 6 nitrogen and oxygen atoms in total. The molecule has 1 atom stereocenters. The van der Waals surface area contributed by atoms with Crippen molar-refractivity contribution in [2.24, 2.45) is 0 Å². The van der Waals surface area contributed by atoms with Crippen LogP contribution in [-0.2, 0) is 0 Å². The number of rotatable bonds is 6. The molecular weight excluding hydrogens is 248 g/mol. The molecule has 0 aliphatic heterocycles. The SMILES string of the molecule is C#CCC(CC)Nc1c(C(=O)O)cccc1[N+](=O)[O-]. The molecule has 0 bridgehead atoms. The summed E-state index contributed by atoms with van der Waals surface area (Å²) in [4.78, 5) is 21.5. The summed E-state index contributed by atoms with van der Waals surface area (Å²) < 4.78 is 0. The molecular formula is C13H14N2O4. The predicted molar refractivity (Wildman–Crippen MR) is 71.2 cm³/mol. The van der Waals surface area contributed by atoms with Gasteiger partial charge < -0.3 is 10.4 Å². The average Bonchev–Trinajstić information content (AvgIpc) is 2.37. The minimum absolute atomic E-state index is 0.00194. The van der Waals surface area contributed by atoms with Gasteiger partial charge >= 0.3 is 5.97 Å². The van der Waals surface area contributed by atoms with Crippen LogP contribution in [0.2, 0.25) is 0 Å². The maximum atomic E-state index is 11.1. The van der Waals surface area contributed by atoms with Crippen molar-refractivity contribution in [1.82, 2.24) is 0 Å². The number of terminal acetylenes is 1. The smallest absolute Gasteiger partial charge is 0.338 e. The number of para-hydroxylation sites is 1. The van der Waals surface area contributed by atoms with E-state index in [0.717, 1.165) is 0 Å². The quantitative estimate of drug-likeness (QED) is 0.467. The standard InChI is InChI=1S/C13H14N2O4/c1-3-6-9(4-2)14-12-10(13(16)17)7-5-8-11(12)15(18)19/h1,5,7-9,14H,4,6H2,2H3,(H,16,17). The molecule has 2 N–H and O–H groups in total. The molecule has 0 saturated heterocycles. The Bertz CT molecular complexity index is 502. The Morgan fingerprint density at radius 2 is 2.32 bits per heavy atom. The van der Waals surface area contributed by atoms with Gasteiger partial charge in [0.1, 0.15) is 5.69 Å². The Morgan fingerprint density at radius 3 is 2.79 bits per heavy atom. The van der Waals surface area contributed by atoms with Crippen LogP contribution in [0.4, 0.5) is 11.4 Å². The fourth-order valence-electron chi connectivity index (χ4n) is 1.67. The number of carboxylic acid groups (broad SMARTS) is 1. The van der Waals surface area contributed by atoms with Crippen LogP contribution in [0.5, 0.6) is 0 Å². The number of hydrogen-bond donors (Lipinski definition) is 2. The highest BCUT2D eigenvalue weighted by molar-refractivity contribution is 5.96. The number of carbonyl (C=O) groups is 1. The molecule has 6 heteroatoms. The molecule has 1 aromatic rings. The zero-order valence-corrected chi connectivity index (χ0v) is 10.4. The summed E-state index contributed by atoms with van der Waals surface area (Å²) in [6, 6.07) is 3.72. The van der Waals surface area contributed by atoms with Crippen molar-refractivity contribution < 1.29 is 14.8 Å². The number of hydrogen-bond acceptors (Lipinski definition) is 4. The first kappa shape index (κ1) is 14.5. The summed E-state index contributed by atoms with van der Waals surface area (Å²) in [5.74, 6) is 1.24. The second-order valence-electron chi connectivity index (χ2n) is 3.92. The molecule has 1 aromatic carbocycles. The largest absolute Gasteiger partial charge is 0.478 e. The first-order valence-corrected chi connectivity index (χ1v) is 5.72. The number of anilines is 1. The molecule has 1 unspecified atom stereocenters. The second kappa shape index (κ2) is 6.40. The van der Waals surface area contributed by atoms with Gasteiger partial charge in [-0.25, -0.2) is 4.79 Å². The highest BCUT2D eigenvalue weighted by Crippen LogP contribution is 2.29. The minimum atomic E-state index is -1.22. The fourth-order valence-corrected chi connectivity index (χ4v) is 1.67. The maximum absolute atomic E-state index is 11.1. The Hall–Kier alpha value is -2.55. The van der Waals surface area contributed by atoms with E-state index >= 15 is 0 Å². The minimum Gasteiger partial charge on any atom is -0.478 e. The molecule has 0 heterocycles. The molecule has 0 saturated carbocycles. The molecule has 0 aliphatic carbocycles. The zero-order chi connectivity index (χ0) is 14.4. The van der Waals surface area contributed by atoms with Crippen LogP contribution in [0.15, 0.2) is 18.2 Å². The van der Waals surface area contributed by atoms with E-state index in [-0.39, 0.29) is 23.0 Å². The van der Waals surface area contributed by atoms with E-state index in [1.807, 2.05) is 6.92 Å². The lowest BCUT2D eigenvalue weighted by molar-refractivity contribution is -0.384. The van der Waals surface area contributed by atoms with Gasteiger partial charge in [0, 0.05) is 18.5 Å². The lowest BCUT2D eigenvalue weighted by Gasteiger charge is -2.17. The summed E-state index contributed by atoms with van der Waals surface area (Å²) in [5, 5.41) is 22.9. The van der Waals surface area contributed by atoms with Crippen molar-refractivity contribution in [2.75, 3.05) is 5.32 Å². The molecule has 1 rings (SSSR count). The number of nitro groups is 1. The van der Waals surface area contributed by atoms with Crippen molar-refractivity contribution in [3.8, 4) is 12.3 Å². The average molecular weight is 262 g/mol.